The molecule has 2 fully saturated rings. The average Bonchev–Trinajstić information content (AvgIpc) is 2.63. The predicted molar refractivity (Wildman–Crippen MR) is 93.9 cm³/mol. The zero-order valence-electron chi connectivity index (χ0n) is 14.4. The van der Waals surface area contributed by atoms with Crippen LogP contribution in [0.15, 0.2) is 24.3 Å². The van der Waals surface area contributed by atoms with Crippen LogP contribution >= 0.6 is 0 Å². The predicted octanol–water partition coefficient (Wildman–Crippen LogP) is 0.118. The molecule has 3 N–H and O–H groups in total. The first-order chi connectivity index (χ1) is 12.0. The molecule has 3 rings (SSSR count). The Morgan fingerprint density at radius 1 is 1.16 bits per heavy atom. The van der Waals surface area contributed by atoms with Crippen molar-refractivity contribution in [3.05, 3.63) is 29.8 Å². The topological polar surface area (TPSA) is 90.5 Å². The van der Waals surface area contributed by atoms with Crippen molar-refractivity contribution >= 4 is 23.4 Å². The molecule has 134 valence electrons. The summed E-state index contributed by atoms with van der Waals surface area (Å²) < 4.78 is 0. The summed E-state index contributed by atoms with van der Waals surface area (Å²) in [6.45, 7) is 4.22. The fraction of sp³-hybridized carbons (Fsp3) is 0.500. The first-order valence-electron chi connectivity index (χ1n) is 8.66. The van der Waals surface area contributed by atoms with Crippen LogP contribution in [0.3, 0.4) is 0 Å². The minimum atomic E-state index is -0.270. The van der Waals surface area contributed by atoms with Crippen LogP contribution in [0.2, 0.25) is 0 Å². The Kier molecular flexibility index (Phi) is 5.33. The molecule has 0 unspecified atom stereocenters. The van der Waals surface area contributed by atoms with Gasteiger partial charge in [0.05, 0.1) is 18.4 Å². The Balaban J connectivity index is 1.58. The van der Waals surface area contributed by atoms with E-state index in [9.17, 15) is 14.4 Å². The van der Waals surface area contributed by atoms with Crippen LogP contribution in [0.5, 0.6) is 0 Å². The number of nitrogens with zero attached hydrogens (tertiary/aromatic N) is 1. The lowest BCUT2D eigenvalue weighted by Crippen LogP contribution is -2.54. The van der Waals surface area contributed by atoms with Gasteiger partial charge in [0.15, 0.2) is 0 Å². The van der Waals surface area contributed by atoms with Gasteiger partial charge in [-0.3, -0.25) is 14.4 Å². The van der Waals surface area contributed by atoms with E-state index in [-0.39, 0.29) is 36.1 Å². The lowest BCUT2D eigenvalue weighted by Gasteiger charge is -2.34. The van der Waals surface area contributed by atoms with E-state index in [0.29, 0.717) is 32.6 Å². The van der Waals surface area contributed by atoms with Gasteiger partial charge in [0.1, 0.15) is 0 Å². The van der Waals surface area contributed by atoms with Gasteiger partial charge in [0.2, 0.25) is 17.7 Å². The molecule has 7 nitrogen and oxygen atoms in total. The maximum absolute atomic E-state index is 12.6. The number of benzene rings is 1. The highest BCUT2D eigenvalue weighted by Gasteiger charge is 2.34. The van der Waals surface area contributed by atoms with Crippen molar-refractivity contribution in [2.75, 3.05) is 38.0 Å². The summed E-state index contributed by atoms with van der Waals surface area (Å²) in [6.07, 6.45) is 0.502. The fourth-order valence-corrected chi connectivity index (χ4v) is 3.30. The van der Waals surface area contributed by atoms with Gasteiger partial charge in [0.25, 0.3) is 0 Å². The Hall–Kier alpha value is -2.41. The maximum atomic E-state index is 12.6. The summed E-state index contributed by atoms with van der Waals surface area (Å²) in [5, 5.41) is 8.82. The molecule has 25 heavy (non-hydrogen) atoms. The molecular formula is C18H24N4O3. The average molecular weight is 344 g/mol. The van der Waals surface area contributed by atoms with Gasteiger partial charge in [0, 0.05) is 31.9 Å². The third-order valence-electron chi connectivity index (χ3n) is 4.74. The second-order valence-corrected chi connectivity index (χ2v) is 6.75. The van der Waals surface area contributed by atoms with Crippen LogP contribution in [0, 0.1) is 18.8 Å². The summed E-state index contributed by atoms with van der Waals surface area (Å²) >= 11 is 0. The number of nitrogens with one attached hydrogen (secondary N) is 3. The summed E-state index contributed by atoms with van der Waals surface area (Å²) in [7, 11) is 0. The van der Waals surface area contributed by atoms with E-state index in [4.69, 9.17) is 0 Å². The SMILES string of the molecule is Cc1ccc(NC(=O)[C@@H]2CNC[C@H](C(=O)N3CCNC(=O)C3)C2)cc1. The highest BCUT2D eigenvalue weighted by Crippen LogP contribution is 2.21. The summed E-state index contributed by atoms with van der Waals surface area (Å²) in [5.41, 5.74) is 1.89. The molecule has 2 heterocycles. The summed E-state index contributed by atoms with van der Waals surface area (Å²) in [5.74, 6) is -0.784. The van der Waals surface area contributed by atoms with Gasteiger partial charge in [-0.1, -0.05) is 17.7 Å². The van der Waals surface area contributed by atoms with Crippen LogP contribution in [0.25, 0.3) is 0 Å². The number of anilines is 1. The molecule has 0 saturated carbocycles. The molecule has 1 aromatic carbocycles. The third kappa shape index (κ3) is 4.36. The third-order valence-corrected chi connectivity index (χ3v) is 4.74. The molecular weight excluding hydrogens is 320 g/mol. The number of hydrogen-bond donors (Lipinski definition) is 3. The Morgan fingerprint density at radius 3 is 2.60 bits per heavy atom. The van der Waals surface area contributed by atoms with E-state index in [0.717, 1.165) is 11.3 Å². The quantitative estimate of drug-likeness (QED) is 0.726. The van der Waals surface area contributed by atoms with Gasteiger partial charge < -0.3 is 20.9 Å². The largest absolute Gasteiger partial charge is 0.353 e. The van der Waals surface area contributed by atoms with Crippen LogP contribution < -0.4 is 16.0 Å². The molecule has 2 saturated heterocycles. The molecule has 0 spiro atoms. The number of rotatable bonds is 3. The van der Waals surface area contributed by atoms with E-state index in [2.05, 4.69) is 16.0 Å². The molecule has 0 aromatic heterocycles. The van der Waals surface area contributed by atoms with Crippen molar-refractivity contribution in [1.82, 2.24) is 15.5 Å². The summed E-state index contributed by atoms with van der Waals surface area (Å²) in [6, 6.07) is 7.64. The van der Waals surface area contributed by atoms with Crippen molar-refractivity contribution in [3.63, 3.8) is 0 Å². The van der Waals surface area contributed by atoms with Crippen molar-refractivity contribution in [3.8, 4) is 0 Å². The van der Waals surface area contributed by atoms with Crippen LogP contribution in [0.1, 0.15) is 12.0 Å². The Labute approximate surface area is 147 Å². The second-order valence-electron chi connectivity index (χ2n) is 6.75. The van der Waals surface area contributed by atoms with Crippen LogP contribution in [0.4, 0.5) is 5.69 Å². The number of carbonyl (C=O) groups excluding carboxylic acids is 3. The fourth-order valence-electron chi connectivity index (χ4n) is 3.30. The molecule has 0 radical (unpaired) electrons. The monoisotopic (exact) mass is 344 g/mol. The van der Waals surface area contributed by atoms with E-state index in [1.54, 1.807) is 4.90 Å². The molecule has 0 aliphatic carbocycles. The van der Waals surface area contributed by atoms with Gasteiger partial charge in [-0.25, -0.2) is 0 Å². The molecule has 2 aliphatic heterocycles. The highest BCUT2D eigenvalue weighted by atomic mass is 16.2. The number of amides is 3. The molecule has 2 aliphatic rings. The number of aryl methyl sites for hydroxylation is 1. The van der Waals surface area contributed by atoms with E-state index >= 15 is 0 Å². The Morgan fingerprint density at radius 2 is 1.88 bits per heavy atom. The standard InChI is InChI=1S/C18H24N4O3/c1-12-2-4-15(5-3-12)21-17(24)13-8-14(10-19-9-13)18(25)22-7-6-20-16(23)11-22/h2-5,13-14,19H,6-11H2,1H3,(H,20,23)(H,21,24)/t13-,14+/m0/s1. The number of hydrogen-bond acceptors (Lipinski definition) is 4. The molecule has 1 aromatic rings. The van der Waals surface area contributed by atoms with Crippen LogP contribution in [-0.4, -0.2) is 55.3 Å². The van der Waals surface area contributed by atoms with Gasteiger partial charge >= 0.3 is 0 Å². The maximum Gasteiger partial charge on any atom is 0.239 e. The molecule has 7 heteroatoms. The van der Waals surface area contributed by atoms with Crippen LogP contribution in [-0.2, 0) is 14.4 Å². The minimum absolute atomic E-state index is 0.0461. The van der Waals surface area contributed by atoms with Gasteiger partial charge in [-0.05, 0) is 25.5 Å². The number of carbonyl (C=O) groups is 3. The lowest BCUT2D eigenvalue weighted by molar-refractivity contribution is -0.142. The van der Waals surface area contributed by atoms with Gasteiger partial charge in [-0.15, -0.1) is 0 Å². The first-order valence-corrected chi connectivity index (χ1v) is 8.66. The van der Waals surface area contributed by atoms with E-state index < -0.39 is 0 Å². The number of piperazine rings is 1. The van der Waals surface area contributed by atoms with Crippen molar-refractivity contribution in [1.29, 1.82) is 0 Å². The van der Waals surface area contributed by atoms with Gasteiger partial charge in [-0.2, -0.15) is 0 Å². The minimum Gasteiger partial charge on any atom is -0.353 e. The highest BCUT2D eigenvalue weighted by molar-refractivity contribution is 5.93. The van der Waals surface area contributed by atoms with Crippen molar-refractivity contribution < 1.29 is 14.4 Å². The normalized spacial score (nSPS) is 23.7. The van der Waals surface area contributed by atoms with Crippen molar-refractivity contribution in [2.45, 2.75) is 13.3 Å². The smallest absolute Gasteiger partial charge is 0.239 e. The second kappa shape index (κ2) is 7.65. The van der Waals surface area contributed by atoms with Crippen molar-refractivity contribution in [2.24, 2.45) is 11.8 Å². The molecule has 2 atom stereocenters. The van der Waals surface area contributed by atoms with E-state index in [1.165, 1.54) is 0 Å². The zero-order valence-corrected chi connectivity index (χ0v) is 14.4. The molecule has 3 amide bonds. The van der Waals surface area contributed by atoms with E-state index in [1.807, 2.05) is 31.2 Å². The first kappa shape index (κ1) is 17.4. The zero-order chi connectivity index (χ0) is 17.8. The Bertz CT molecular complexity index is 659. The summed E-state index contributed by atoms with van der Waals surface area (Å²) in [4.78, 5) is 38.2. The lowest BCUT2D eigenvalue weighted by atomic mass is 9.88. The number of piperidine rings is 1. The molecule has 0 bridgehead atoms.